The SMILES string of the molecule is COc1cc([C@@H]2COC(=O)N2)c(OC)cc1Br.Cl. The summed E-state index contributed by atoms with van der Waals surface area (Å²) in [4.78, 5) is 11.0. The fourth-order valence-electron chi connectivity index (χ4n) is 1.71. The summed E-state index contributed by atoms with van der Waals surface area (Å²) in [5.74, 6) is 1.36. The van der Waals surface area contributed by atoms with Crippen LogP contribution in [0.5, 0.6) is 11.5 Å². The lowest BCUT2D eigenvalue weighted by molar-refractivity contribution is 0.177. The van der Waals surface area contributed by atoms with Crippen molar-refractivity contribution in [2.24, 2.45) is 0 Å². The van der Waals surface area contributed by atoms with Gasteiger partial charge in [-0.2, -0.15) is 0 Å². The first kappa shape index (κ1) is 14.9. The van der Waals surface area contributed by atoms with Gasteiger partial charge in [0.05, 0.1) is 24.7 Å². The van der Waals surface area contributed by atoms with Crippen molar-refractivity contribution in [2.75, 3.05) is 20.8 Å². The van der Waals surface area contributed by atoms with Crippen LogP contribution in [0.25, 0.3) is 0 Å². The first-order valence-electron chi connectivity index (χ1n) is 5.00. The van der Waals surface area contributed by atoms with Crippen LogP contribution in [-0.2, 0) is 4.74 Å². The van der Waals surface area contributed by atoms with Crippen LogP contribution in [0.3, 0.4) is 0 Å². The van der Waals surface area contributed by atoms with Crippen LogP contribution < -0.4 is 14.8 Å². The van der Waals surface area contributed by atoms with Crippen molar-refractivity contribution < 1.29 is 19.0 Å². The number of halogens is 2. The standard InChI is InChI=1S/C11H12BrNO4.ClH/c1-15-9-4-7(12)10(16-2)3-6(9)8-5-17-11(14)13-8;/h3-4,8H,5H2,1-2H3,(H,13,14);1H/t8-;/m0./s1. The summed E-state index contributed by atoms with van der Waals surface area (Å²) in [5.41, 5.74) is 0.832. The van der Waals surface area contributed by atoms with Gasteiger partial charge in [0, 0.05) is 5.56 Å². The van der Waals surface area contributed by atoms with Gasteiger partial charge in [-0.25, -0.2) is 4.79 Å². The zero-order chi connectivity index (χ0) is 12.4. The Morgan fingerprint density at radius 2 is 2.00 bits per heavy atom. The van der Waals surface area contributed by atoms with Crippen molar-refractivity contribution in [1.29, 1.82) is 0 Å². The molecule has 0 radical (unpaired) electrons. The smallest absolute Gasteiger partial charge is 0.407 e. The molecule has 1 aromatic rings. The van der Waals surface area contributed by atoms with E-state index >= 15 is 0 Å². The van der Waals surface area contributed by atoms with Crippen molar-refractivity contribution in [2.45, 2.75) is 6.04 Å². The molecule has 100 valence electrons. The summed E-state index contributed by atoms with van der Waals surface area (Å²) in [6.45, 7) is 0.292. The minimum atomic E-state index is -0.418. The Bertz CT molecular complexity index is 455. The summed E-state index contributed by atoms with van der Waals surface area (Å²) in [7, 11) is 3.16. The molecular weight excluding hydrogens is 325 g/mol. The van der Waals surface area contributed by atoms with Crippen molar-refractivity contribution in [3.8, 4) is 11.5 Å². The third kappa shape index (κ3) is 2.81. The molecule has 0 saturated carbocycles. The highest BCUT2D eigenvalue weighted by Crippen LogP contribution is 2.36. The van der Waals surface area contributed by atoms with Crippen molar-refractivity contribution in [3.05, 3.63) is 22.2 Å². The first-order chi connectivity index (χ1) is 8.15. The van der Waals surface area contributed by atoms with Gasteiger partial charge in [-0.3, -0.25) is 0 Å². The average molecular weight is 339 g/mol. The molecule has 0 aliphatic carbocycles. The maximum atomic E-state index is 11.0. The zero-order valence-electron chi connectivity index (χ0n) is 9.86. The van der Waals surface area contributed by atoms with Gasteiger partial charge < -0.3 is 19.5 Å². The highest BCUT2D eigenvalue weighted by atomic mass is 79.9. The van der Waals surface area contributed by atoms with E-state index in [2.05, 4.69) is 21.2 Å². The number of rotatable bonds is 3. The number of hydrogen-bond acceptors (Lipinski definition) is 4. The summed E-state index contributed by atoms with van der Waals surface area (Å²) < 4.78 is 16.2. The predicted molar refractivity (Wildman–Crippen MR) is 71.7 cm³/mol. The van der Waals surface area contributed by atoms with E-state index < -0.39 is 6.09 Å². The van der Waals surface area contributed by atoms with Gasteiger partial charge in [-0.15, -0.1) is 12.4 Å². The predicted octanol–water partition coefficient (Wildman–Crippen LogP) is 2.67. The second-order valence-electron chi connectivity index (χ2n) is 3.52. The van der Waals surface area contributed by atoms with Gasteiger partial charge in [0.1, 0.15) is 18.1 Å². The molecule has 2 rings (SSSR count). The number of methoxy groups -OCH3 is 2. The molecular formula is C11H13BrClNO4. The van der Waals surface area contributed by atoms with E-state index in [1.807, 2.05) is 6.07 Å². The Morgan fingerprint density at radius 3 is 2.50 bits per heavy atom. The molecule has 5 nitrogen and oxygen atoms in total. The van der Waals surface area contributed by atoms with Crippen LogP contribution in [0.1, 0.15) is 11.6 Å². The summed E-state index contributed by atoms with van der Waals surface area (Å²) in [6, 6.07) is 3.42. The third-order valence-electron chi connectivity index (χ3n) is 2.55. The largest absolute Gasteiger partial charge is 0.496 e. The van der Waals surface area contributed by atoms with Gasteiger partial charge in [-0.05, 0) is 28.1 Å². The molecule has 0 spiro atoms. The van der Waals surface area contributed by atoms with Gasteiger partial charge in [0.25, 0.3) is 0 Å². The summed E-state index contributed by atoms with van der Waals surface area (Å²) >= 11 is 3.38. The number of benzene rings is 1. The zero-order valence-corrected chi connectivity index (χ0v) is 12.3. The molecule has 1 saturated heterocycles. The Hall–Kier alpha value is -1.14. The number of alkyl carbamates (subject to hydrolysis) is 1. The lowest BCUT2D eigenvalue weighted by atomic mass is 10.1. The van der Waals surface area contributed by atoms with E-state index in [-0.39, 0.29) is 18.4 Å². The maximum Gasteiger partial charge on any atom is 0.407 e. The first-order valence-corrected chi connectivity index (χ1v) is 5.79. The highest BCUT2D eigenvalue weighted by molar-refractivity contribution is 9.10. The molecule has 1 heterocycles. The minimum absolute atomic E-state index is 0. The van der Waals surface area contributed by atoms with Crippen LogP contribution in [0, 0.1) is 0 Å². The second-order valence-corrected chi connectivity index (χ2v) is 4.38. The Morgan fingerprint density at radius 1 is 1.33 bits per heavy atom. The normalized spacial score (nSPS) is 17.5. The number of nitrogens with one attached hydrogen (secondary N) is 1. The van der Waals surface area contributed by atoms with Crippen LogP contribution in [0.4, 0.5) is 4.79 Å². The monoisotopic (exact) mass is 337 g/mol. The fourth-order valence-corrected chi connectivity index (χ4v) is 2.19. The number of carbonyl (C=O) groups is 1. The number of cyclic esters (lactones) is 1. The number of amides is 1. The van der Waals surface area contributed by atoms with Gasteiger partial charge in [0.2, 0.25) is 0 Å². The molecule has 0 unspecified atom stereocenters. The quantitative estimate of drug-likeness (QED) is 0.920. The van der Waals surface area contributed by atoms with Crippen LogP contribution >= 0.6 is 28.3 Å². The Balaban J connectivity index is 0.00000162. The molecule has 1 aromatic carbocycles. The van der Waals surface area contributed by atoms with E-state index in [9.17, 15) is 4.79 Å². The van der Waals surface area contributed by atoms with Gasteiger partial charge in [0.15, 0.2) is 0 Å². The summed E-state index contributed by atoms with van der Waals surface area (Å²) in [5, 5.41) is 2.70. The molecule has 7 heteroatoms. The van der Waals surface area contributed by atoms with Crippen LogP contribution in [-0.4, -0.2) is 26.9 Å². The van der Waals surface area contributed by atoms with Crippen LogP contribution in [0.2, 0.25) is 0 Å². The minimum Gasteiger partial charge on any atom is -0.496 e. The number of carbonyl (C=O) groups excluding carboxylic acids is 1. The van der Waals surface area contributed by atoms with E-state index in [0.29, 0.717) is 18.1 Å². The molecule has 0 bridgehead atoms. The topological polar surface area (TPSA) is 56.8 Å². The Labute approximate surface area is 119 Å². The second kappa shape index (κ2) is 6.15. The Kier molecular flexibility index (Phi) is 5.10. The molecule has 18 heavy (non-hydrogen) atoms. The molecule has 1 fully saturated rings. The van der Waals surface area contributed by atoms with E-state index in [0.717, 1.165) is 10.0 Å². The highest BCUT2D eigenvalue weighted by Gasteiger charge is 2.27. The molecule has 1 atom stereocenters. The fraction of sp³-hybridized carbons (Fsp3) is 0.364. The summed E-state index contributed by atoms with van der Waals surface area (Å²) in [6.07, 6.45) is -0.418. The van der Waals surface area contributed by atoms with Crippen molar-refractivity contribution in [3.63, 3.8) is 0 Å². The molecule has 0 aromatic heterocycles. The van der Waals surface area contributed by atoms with Crippen molar-refractivity contribution >= 4 is 34.4 Å². The van der Waals surface area contributed by atoms with Gasteiger partial charge in [-0.1, -0.05) is 0 Å². The van der Waals surface area contributed by atoms with Gasteiger partial charge >= 0.3 is 6.09 Å². The average Bonchev–Trinajstić information content (AvgIpc) is 2.75. The molecule has 1 aliphatic rings. The van der Waals surface area contributed by atoms with Crippen molar-refractivity contribution in [1.82, 2.24) is 5.32 Å². The number of ether oxygens (including phenoxy) is 3. The maximum absolute atomic E-state index is 11.0. The lowest BCUT2D eigenvalue weighted by Gasteiger charge is -2.15. The molecule has 1 N–H and O–H groups in total. The molecule has 1 aliphatic heterocycles. The van der Waals surface area contributed by atoms with E-state index in [1.54, 1.807) is 20.3 Å². The van der Waals surface area contributed by atoms with E-state index in [4.69, 9.17) is 14.2 Å². The van der Waals surface area contributed by atoms with Crippen LogP contribution in [0.15, 0.2) is 16.6 Å². The third-order valence-corrected chi connectivity index (χ3v) is 3.17. The molecule has 1 amide bonds. The number of hydrogen-bond donors (Lipinski definition) is 1. The van der Waals surface area contributed by atoms with E-state index in [1.165, 1.54) is 0 Å². The lowest BCUT2D eigenvalue weighted by Crippen LogP contribution is -2.19.